The van der Waals surface area contributed by atoms with E-state index in [4.69, 9.17) is 9.47 Å². The van der Waals surface area contributed by atoms with E-state index in [1.54, 1.807) is 13.2 Å². The summed E-state index contributed by atoms with van der Waals surface area (Å²) in [5.41, 5.74) is 0.857. The van der Waals surface area contributed by atoms with Gasteiger partial charge in [-0.25, -0.2) is 4.98 Å². The van der Waals surface area contributed by atoms with Crippen molar-refractivity contribution in [3.8, 4) is 0 Å². The van der Waals surface area contributed by atoms with Crippen LogP contribution in [-0.4, -0.2) is 30.4 Å². The maximum atomic E-state index is 13.5. The standard InChI is InChI=1S/C12H18FNO3/c1-3-11(15)9-4-5-14-12(13)10(9)8-17-7-6-16-2/h4-5,11,15H,3,6-8H2,1-2H3. The van der Waals surface area contributed by atoms with Gasteiger partial charge in [0.2, 0.25) is 5.95 Å². The van der Waals surface area contributed by atoms with Crippen molar-refractivity contribution in [3.63, 3.8) is 0 Å². The number of halogens is 1. The first-order chi connectivity index (χ1) is 8.20. The molecule has 0 bridgehead atoms. The number of pyridine rings is 1. The molecule has 1 rings (SSSR count). The van der Waals surface area contributed by atoms with E-state index in [1.165, 1.54) is 6.20 Å². The summed E-state index contributed by atoms with van der Waals surface area (Å²) < 4.78 is 23.6. The van der Waals surface area contributed by atoms with Gasteiger partial charge >= 0.3 is 0 Å². The number of aromatic nitrogens is 1. The van der Waals surface area contributed by atoms with Crippen molar-refractivity contribution in [2.45, 2.75) is 26.1 Å². The van der Waals surface area contributed by atoms with E-state index in [1.807, 2.05) is 6.92 Å². The van der Waals surface area contributed by atoms with E-state index in [9.17, 15) is 9.50 Å². The lowest BCUT2D eigenvalue weighted by atomic mass is 10.0. The van der Waals surface area contributed by atoms with Gasteiger partial charge in [0.1, 0.15) is 0 Å². The van der Waals surface area contributed by atoms with Gasteiger partial charge < -0.3 is 14.6 Å². The predicted molar refractivity (Wildman–Crippen MR) is 61.0 cm³/mol. The summed E-state index contributed by atoms with van der Waals surface area (Å²) >= 11 is 0. The molecule has 1 unspecified atom stereocenters. The first-order valence-electron chi connectivity index (χ1n) is 5.58. The number of hydrogen-bond acceptors (Lipinski definition) is 4. The van der Waals surface area contributed by atoms with Crippen LogP contribution < -0.4 is 0 Å². The zero-order chi connectivity index (χ0) is 12.7. The minimum Gasteiger partial charge on any atom is -0.388 e. The summed E-state index contributed by atoms with van der Waals surface area (Å²) in [6, 6.07) is 1.62. The largest absolute Gasteiger partial charge is 0.388 e. The van der Waals surface area contributed by atoms with Gasteiger partial charge in [-0.1, -0.05) is 6.92 Å². The number of aliphatic hydroxyl groups is 1. The number of ether oxygens (including phenoxy) is 2. The summed E-state index contributed by atoms with van der Waals surface area (Å²) in [5.74, 6) is -0.590. The normalized spacial score (nSPS) is 12.7. The fourth-order valence-electron chi connectivity index (χ4n) is 1.47. The van der Waals surface area contributed by atoms with Gasteiger partial charge in [0.05, 0.1) is 25.9 Å². The summed E-state index contributed by atoms with van der Waals surface area (Å²) in [7, 11) is 1.57. The van der Waals surface area contributed by atoms with Gasteiger partial charge in [-0.3, -0.25) is 0 Å². The second-order valence-corrected chi connectivity index (χ2v) is 3.64. The summed E-state index contributed by atoms with van der Waals surface area (Å²) in [4.78, 5) is 3.57. The third kappa shape index (κ3) is 4.03. The Kier molecular flexibility index (Phi) is 6.04. The summed E-state index contributed by atoms with van der Waals surface area (Å²) in [5, 5.41) is 9.76. The Morgan fingerprint density at radius 2 is 2.24 bits per heavy atom. The molecule has 17 heavy (non-hydrogen) atoms. The fourth-order valence-corrected chi connectivity index (χ4v) is 1.47. The number of nitrogens with zero attached hydrogens (tertiary/aromatic N) is 1. The molecule has 1 heterocycles. The smallest absolute Gasteiger partial charge is 0.218 e. The van der Waals surface area contributed by atoms with Crippen molar-refractivity contribution in [1.82, 2.24) is 4.98 Å². The summed E-state index contributed by atoms with van der Waals surface area (Å²) in [6.45, 7) is 2.76. The average Bonchev–Trinajstić information content (AvgIpc) is 2.35. The average molecular weight is 243 g/mol. The molecule has 0 aliphatic heterocycles. The Balaban J connectivity index is 2.73. The van der Waals surface area contributed by atoms with Crippen molar-refractivity contribution in [1.29, 1.82) is 0 Å². The Morgan fingerprint density at radius 3 is 2.88 bits per heavy atom. The van der Waals surface area contributed by atoms with Crippen molar-refractivity contribution in [2.24, 2.45) is 0 Å². The van der Waals surface area contributed by atoms with Gasteiger partial charge in [-0.2, -0.15) is 4.39 Å². The molecule has 1 aromatic rings. The molecule has 0 fully saturated rings. The predicted octanol–water partition coefficient (Wildman–Crippen LogP) is 1.83. The molecule has 0 aliphatic rings. The zero-order valence-corrected chi connectivity index (χ0v) is 10.1. The molecule has 0 radical (unpaired) electrons. The third-order valence-corrected chi connectivity index (χ3v) is 2.46. The monoisotopic (exact) mass is 243 g/mol. The maximum Gasteiger partial charge on any atom is 0.218 e. The van der Waals surface area contributed by atoms with Crippen LogP contribution in [0.5, 0.6) is 0 Å². The van der Waals surface area contributed by atoms with Crippen LogP contribution in [0, 0.1) is 5.95 Å². The van der Waals surface area contributed by atoms with Crippen molar-refractivity contribution < 1.29 is 19.0 Å². The molecule has 1 aromatic heterocycles. The topological polar surface area (TPSA) is 51.6 Å². The van der Waals surface area contributed by atoms with Crippen LogP contribution in [0.25, 0.3) is 0 Å². The first kappa shape index (κ1) is 14.0. The number of aliphatic hydroxyl groups excluding tert-OH is 1. The Labute approximate surface area is 100 Å². The second-order valence-electron chi connectivity index (χ2n) is 3.64. The maximum absolute atomic E-state index is 13.5. The molecule has 1 atom stereocenters. The minimum atomic E-state index is -0.687. The molecule has 0 aliphatic carbocycles. The lowest BCUT2D eigenvalue weighted by Gasteiger charge is -2.14. The van der Waals surface area contributed by atoms with E-state index >= 15 is 0 Å². The van der Waals surface area contributed by atoms with Crippen LogP contribution in [-0.2, 0) is 16.1 Å². The van der Waals surface area contributed by atoms with E-state index < -0.39 is 12.1 Å². The molecule has 0 saturated heterocycles. The molecule has 5 heteroatoms. The minimum absolute atomic E-state index is 0.0927. The van der Waals surface area contributed by atoms with Crippen molar-refractivity contribution in [3.05, 3.63) is 29.3 Å². The van der Waals surface area contributed by atoms with Crippen molar-refractivity contribution in [2.75, 3.05) is 20.3 Å². The first-order valence-corrected chi connectivity index (χ1v) is 5.58. The van der Waals surface area contributed by atoms with Gasteiger partial charge in [0, 0.05) is 18.9 Å². The molecule has 0 amide bonds. The Bertz CT molecular complexity index is 347. The van der Waals surface area contributed by atoms with Crippen LogP contribution in [0.3, 0.4) is 0 Å². The van der Waals surface area contributed by atoms with E-state index in [0.29, 0.717) is 30.8 Å². The van der Waals surface area contributed by atoms with Gasteiger partial charge in [0.25, 0.3) is 0 Å². The van der Waals surface area contributed by atoms with Crippen LogP contribution in [0.1, 0.15) is 30.6 Å². The Hall–Kier alpha value is -1.04. The second kappa shape index (κ2) is 7.32. The molecule has 4 nitrogen and oxygen atoms in total. The number of rotatable bonds is 7. The lowest BCUT2D eigenvalue weighted by Crippen LogP contribution is -2.09. The highest BCUT2D eigenvalue weighted by atomic mass is 19.1. The third-order valence-electron chi connectivity index (χ3n) is 2.46. The van der Waals surface area contributed by atoms with E-state index in [2.05, 4.69) is 4.98 Å². The lowest BCUT2D eigenvalue weighted by molar-refractivity contribution is 0.0583. The van der Waals surface area contributed by atoms with E-state index in [-0.39, 0.29) is 6.61 Å². The van der Waals surface area contributed by atoms with Gasteiger partial charge in [-0.05, 0) is 18.1 Å². The molecule has 96 valence electrons. The van der Waals surface area contributed by atoms with Crippen LogP contribution in [0.2, 0.25) is 0 Å². The van der Waals surface area contributed by atoms with Gasteiger partial charge in [-0.15, -0.1) is 0 Å². The molecular weight excluding hydrogens is 225 g/mol. The zero-order valence-electron chi connectivity index (χ0n) is 10.1. The summed E-state index contributed by atoms with van der Waals surface area (Å²) in [6.07, 6.45) is 1.19. The number of methoxy groups -OCH3 is 1. The van der Waals surface area contributed by atoms with Gasteiger partial charge in [0.15, 0.2) is 0 Å². The highest BCUT2D eigenvalue weighted by Crippen LogP contribution is 2.22. The van der Waals surface area contributed by atoms with Crippen LogP contribution >= 0.6 is 0 Å². The molecule has 0 aromatic carbocycles. The van der Waals surface area contributed by atoms with Crippen LogP contribution in [0.15, 0.2) is 12.3 Å². The molecular formula is C12H18FNO3. The van der Waals surface area contributed by atoms with Crippen molar-refractivity contribution >= 4 is 0 Å². The quantitative estimate of drug-likeness (QED) is 0.586. The Morgan fingerprint density at radius 1 is 1.47 bits per heavy atom. The number of hydrogen-bond donors (Lipinski definition) is 1. The molecule has 1 N–H and O–H groups in total. The van der Waals surface area contributed by atoms with E-state index in [0.717, 1.165) is 0 Å². The van der Waals surface area contributed by atoms with Crippen LogP contribution in [0.4, 0.5) is 4.39 Å². The SMILES string of the molecule is CCC(O)c1ccnc(F)c1COCCOC. The highest BCUT2D eigenvalue weighted by molar-refractivity contribution is 5.26. The molecule has 0 spiro atoms. The molecule has 0 saturated carbocycles. The fraction of sp³-hybridized carbons (Fsp3) is 0.583. The highest BCUT2D eigenvalue weighted by Gasteiger charge is 2.15.